The molecular weight excluding hydrogens is 258 g/mol. The van der Waals surface area contributed by atoms with Crippen LogP contribution in [0.2, 0.25) is 0 Å². The summed E-state index contributed by atoms with van der Waals surface area (Å²) in [6.07, 6.45) is 1.03. The van der Waals surface area contributed by atoms with Crippen LogP contribution in [0, 0.1) is 0 Å². The molecule has 0 aliphatic rings. The summed E-state index contributed by atoms with van der Waals surface area (Å²) in [4.78, 5) is 22.3. The smallest absolute Gasteiger partial charge is 0.325 e. The van der Waals surface area contributed by atoms with Crippen LogP contribution in [0.1, 0.15) is 17.3 Å². The quantitative estimate of drug-likeness (QED) is 0.820. The van der Waals surface area contributed by atoms with Gasteiger partial charge in [-0.2, -0.15) is 0 Å². The molecule has 0 heterocycles. The lowest BCUT2D eigenvalue weighted by atomic mass is 10.2. The molecule has 1 rings (SSSR count). The molecule has 0 radical (unpaired) electrons. The lowest BCUT2D eigenvalue weighted by molar-refractivity contribution is -0.138. The Bertz CT molecular complexity index is 579. The Balaban J connectivity index is 2.98. The molecule has 1 aromatic carbocycles. The number of carboxylic acids is 1. The van der Waals surface area contributed by atoms with E-state index in [2.05, 4.69) is 5.32 Å². The minimum atomic E-state index is -3.40. The molecule has 0 saturated heterocycles. The van der Waals surface area contributed by atoms with Crippen molar-refractivity contribution in [1.82, 2.24) is 5.32 Å². The molecule has 0 aromatic heterocycles. The molecule has 6 nitrogen and oxygen atoms in total. The fourth-order valence-electron chi connectivity index (χ4n) is 1.21. The summed E-state index contributed by atoms with van der Waals surface area (Å²) < 4.78 is 22.6. The Hall–Kier alpha value is -1.89. The van der Waals surface area contributed by atoms with Gasteiger partial charge < -0.3 is 10.4 Å². The molecule has 1 amide bonds. The fraction of sp³-hybridized carbons (Fsp3) is 0.273. The number of carbonyl (C=O) groups is 2. The van der Waals surface area contributed by atoms with Gasteiger partial charge >= 0.3 is 5.97 Å². The normalized spacial score (nSPS) is 12.8. The van der Waals surface area contributed by atoms with E-state index in [0.29, 0.717) is 0 Å². The molecule has 18 heavy (non-hydrogen) atoms. The Morgan fingerprint density at radius 1 is 1.33 bits per heavy atom. The molecule has 1 aromatic rings. The number of rotatable bonds is 4. The lowest BCUT2D eigenvalue weighted by Crippen LogP contribution is -2.38. The first-order valence-corrected chi connectivity index (χ1v) is 6.95. The number of benzene rings is 1. The van der Waals surface area contributed by atoms with Crippen LogP contribution < -0.4 is 5.32 Å². The molecule has 0 saturated carbocycles. The number of carboxylic acid groups (broad SMARTS) is 1. The molecule has 2 N–H and O–H groups in total. The van der Waals surface area contributed by atoms with Crippen LogP contribution in [0.25, 0.3) is 0 Å². The predicted molar refractivity (Wildman–Crippen MR) is 64.1 cm³/mol. The van der Waals surface area contributed by atoms with Crippen molar-refractivity contribution in [3.8, 4) is 0 Å². The van der Waals surface area contributed by atoms with Crippen molar-refractivity contribution in [1.29, 1.82) is 0 Å². The van der Waals surface area contributed by atoms with E-state index in [9.17, 15) is 18.0 Å². The van der Waals surface area contributed by atoms with E-state index in [1.807, 2.05) is 0 Å². The largest absolute Gasteiger partial charge is 0.480 e. The van der Waals surface area contributed by atoms with Crippen LogP contribution in [-0.2, 0) is 14.6 Å². The molecule has 0 fully saturated rings. The highest BCUT2D eigenvalue weighted by molar-refractivity contribution is 7.90. The van der Waals surface area contributed by atoms with Crippen molar-refractivity contribution in [3.63, 3.8) is 0 Å². The Morgan fingerprint density at radius 2 is 1.94 bits per heavy atom. The van der Waals surface area contributed by atoms with Crippen LogP contribution in [0.3, 0.4) is 0 Å². The van der Waals surface area contributed by atoms with Crippen LogP contribution >= 0.6 is 0 Å². The van der Waals surface area contributed by atoms with Gasteiger partial charge in [-0.05, 0) is 25.1 Å². The number of amides is 1. The first-order valence-electron chi connectivity index (χ1n) is 5.05. The number of sulfone groups is 1. The van der Waals surface area contributed by atoms with Crippen molar-refractivity contribution in [2.24, 2.45) is 0 Å². The molecule has 0 spiro atoms. The molecular formula is C11H13NO5S. The highest BCUT2D eigenvalue weighted by Gasteiger charge is 2.16. The second-order valence-corrected chi connectivity index (χ2v) is 5.85. The summed E-state index contributed by atoms with van der Waals surface area (Å²) in [5, 5.41) is 10.9. The third kappa shape index (κ3) is 3.56. The van der Waals surface area contributed by atoms with Gasteiger partial charge in [0.25, 0.3) is 5.91 Å². The maximum atomic E-state index is 11.7. The van der Waals surface area contributed by atoms with Crippen molar-refractivity contribution >= 4 is 21.7 Å². The SMILES string of the molecule is C[C@@H](NC(=O)c1cccc(S(C)(=O)=O)c1)C(=O)O. The van der Waals surface area contributed by atoms with Gasteiger partial charge in [0.1, 0.15) is 6.04 Å². The summed E-state index contributed by atoms with van der Waals surface area (Å²) in [7, 11) is -3.40. The Kier molecular flexibility index (Phi) is 4.07. The van der Waals surface area contributed by atoms with E-state index >= 15 is 0 Å². The second-order valence-electron chi connectivity index (χ2n) is 3.83. The number of nitrogens with one attached hydrogen (secondary N) is 1. The predicted octanol–water partition coefficient (Wildman–Crippen LogP) is 0.293. The zero-order valence-electron chi connectivity index (χ0n) is 9.88. The van der Waals surface area contributed by atoms with Gasteiger partial charge in [0.15, 0.2) is 9.84 Å². The number of aliphatic carboxylic acids is 1. The van der Waals surface area contributed by atoms with Crippen LogP contribution in [0.5, 0.6) is 0 Å². The lowest BCUT2D eigenvalue weighted by Gasteiger charge is -2.09. The molecule has 0 bridgehead atoms. The van der Waals surface area contributed by atoms with Crippen molar-refractivity contribution in [2.45, 2.75) is 17.9 Å². The number of hydrogen-bond donors (Lipinski definition) is 2. The van der Waals surface area contributed by atoms with Crippen LogP contribution in [0.4, 0.5) is 0 Å². The third-order valence-electron chi connectivity index (χ3n) is 2.24. The first-order chi connectivity index (χ1) is 8.21. The average molecular weight is 271 g/mol. The zero-order chi connectivity index (χ0) is 13.9. The van der Waals surface area contributed by atoms with Gasteiger partial charge in [-0.15, -0.1) is 0 Å². The highest BCUT2D eigenvalue weighted by Crippen LogP contribution is 2.11. The van der Waals surface area contributed by atoms with Crippen molar-refractivity contribution in [2.75, 3.05) is 6.26 Å². The molecule has 98 valence electrons. The summed E-state index contributed by atoms with van der Waals surface area (Å²) in [5.74, 6) is -1.79. The maximum Gasteiger partial charge on any atom is 0.325 e. The van der Waals surface area contributed by atoms with E-state index in [-0.39, 0.29) is 10.5 Å². The summed E-state index contributed by atoms with van der Waals surface area (Å²) in [6.45, 7) is 1.32. The molecule has 7 heteroatoms. The van der Waals surface area contributed by atoms with Gasteiger partial charge in [-0.1, -0.05) is 6.07 Å². The van der Waals surface area contributed by atoms with E-state index in [1.165, 1.54) is 31.2 Å². The Morgan fingerprint density at radius 3 is 2.44 bits per heavy atom. The topological polar surface area (TPSA) is 101 Å². The minimum Gasteiger partial charge on any atom is -0.480 e. The molecule has 0 aliphatic heterocycles. The van der Waals surface area contributed by atoms with Crippen molar-refractivity contribution < 1.29 is 23.1 Å². The summed E-state index contributed by atoms with van der Waals surface area (Å²) in [5.41, 5.74) is 0.103. The monoisotopic (exact) mass is 271 g/mol. The van der Waals surface area contributed by atoms with Gasteiger partial charge in [0.05, 0.1) is 4.90 Å². The van der Waals surface area contributed by atoms with Gasteiger partial charge in [0, 0.05) is 11.8 Å². The van der Waals surface area contributed by atoms with E-state index < -0.39 is 27.8 Å². The van der Waals surface area contributed by atoms with E-state index in [4.69, 9.17) is 5.11 Å². The van der Waals surface area contributed by atoms with Crippen LogP contribution in [-0.4, -0.2) is 37.7 Å². The van der Waals surface area contributed by atoms with Gasteiger partial charge in [-0.25, -0.2) is 8.42 Å². The highest BCUT2D eigenvalue weighted by atomic mass is 32.2. The maximum absolute atomic E-state index is 11.7. The number of carbonyl (C=O) groups excluding carboxylic acids is 1. The fourth-order valence-corrected chi connectivity index (χ4v) is 1.88. The van der Waals surface area contributed by atoms with Crippen LogP contribution in [0.15, 0.2) is 29.2 Å². The van der Waals surface area contributed by atoms with E-state index in [1.54, 1.807) is 0 Å². The molecule has 1 atom stereocenters. The van der Waals surface area contributed by atoms with Gasteiger partial charge in [0.2, 0.25) is 0 Å². The van der Waals surface area contributed by atoms with Crippen molar-refractivity contribution in [3.05, 3.63) is 29.8 Å². The average Bonchev–Trinajstić information content (AvgIpc) is 2.27. The molecule has 0 aliphatic carbocycles. The first kappa shape index (κ1) is 14.2. The summed E-state index contributed by atoms with van der Waals surface area (Å²) >= 11 is 0. The third-order valence-corrected chi connectivity index (χ3v) is 3.35. The summed E-state index contributed by atoms with van der Waals surface area (Å²) in [6, 6.07) is 4.38. The number of hydrogen-bond acceptors (Lipinski definition) is 4. The van der Waals surface area contributed by atoms with E-state index in [0.717, 1.165) is 6.26 Å². The Labute approximate surface area is 105 Å². The minimum absolute atomic E-state index is 0.0122. The molecule has 0 unspecified atom stereocenters. The standard InChI is InChI=1S/C11H13NO5S/c1-7(11(14)15)12-10(13)8-4-3-5-9(6-8)18(2,16)17/h3-7H,1-2H3,(H,12,13)(H,14,15)/t7-/m1/s1. The second kappa shape index (κ2) is 5.18. The van der Waals surface area contributed by atoms with Gasteiger partial charge in [-0.3, -0.25) is 9.59 Å². The zero-order valence-corrected chi connectivity index (χ0v) is 10.7.